The van der Waals surface area contributed by atoms with Crippen LogP contribution >= 0.6 is 0 Å². The number of fused-ring (bicyclic) bond motifs is 2. The number of pyridine rings is 1. The average Bonchev–Trinajstić information content (AvgIpc) is 3.38. The molecule has 1 N–H and O–H groups in total. The van der Waals surface area contributed by atoms with Crippen LogP contribution in [-0.2, 0) is 19.4 Å². The predicted octanol–water partition coefficient (Wildman–Crippen LogP) is 3.70. The Labute approximate surface area is 167 Å². The molecule has 0 radical (unpaired) electrons. The second-order valence-corrected chi connectivity index (χ2v) is 7.12. The van der Waals surface area contributed by atoms with E-state index in [-0.39, 0.29) is 24.2 Å². The van der Waals surface area contributed by atoms with Gasteiger partial charge in [-0.3, -0.25) is 9.78 Å². The number of aromatic nitrogens is 2. The summed E-state index contributed by atoms with van der Waals surface area (Å²) in [5.74, 6) is 0.850. The maximum Gasteiger partial charge on any atom is 0.273 e. The standard InChI is InChI=1S/C23H19N3O3/c27-23(25-18-10-15-4-1-2-5-16(15)11-18)20-13-29-22(26-20)14-28-21-7-3-6-17-12-24-9-8-19(17)21/h1-9,12-13,18H,10-11,14H2,(H,25,27). The van der Waals surface area contributed by atoms with Gasteiger partial charge in [0.15, 0.2) is 12.3 Å². The van der Waals surface area contributed by atoms with E-state index in [1.807, 2.05) is 36.4 Å². The highest BCUT2D eigenvalue weighted by molar-refractivity contribution is 5.92. The molecule has 2 heterocycles. The lowest BCUT2D eigenvalue weighted by molar-refractivity contribution is 0.0933. The first-order chi connectivity index (χ1) is 14.3. The van der Waals surface area contributed by atoms with Gasteiger partial charge >= 0.3 is 0 Å². The molecule has 0 atom stereocenters. The molecule has 144 valence electrons. The Morgan fingerprint density at radius 3 is 2.76 bits per heavy atom. The van der Waals surface area contributed by atoms with E-state index in [4.69, 9.17) is 9.15 Å². The third-order valence-corrected chi connectivity index (χ3v) is 5.16. The molecule has 0 fully saturated rings. The first-order valence-corrected chi connectivity index (χ1v) is 9.54. The number of hydrogen-bond acceptors (Lipinski definition) is 5. The monoisotopic (exact) mass is 385 g/mol. The molecule has 1 aliphatic carbocycles. The number of benzene rings is 2. The van der Waals surface area contributed by atoms with E-state index < -0.39 is 0 Å². The maximum atomic E-state index is 12.5. The Morgan fingerprint density at radius 1 is 1.10 bits per heavy atom. The average molecular weight is 385 g/mol. The Bertz CT molecular complexity index is 1150. The molecule has 6 nitrogen and oxygen atoms in total. The van der Waals surface area contributed by atoms with Crippen molar-refractivity contribution < 1.29 is 13.9 Å². The highest BCUT2D eigenvalue weighted by Crippen LogP contribution is 2.25. The van der Waals surface area contributed by atoms with Crippen molar-refractivity contribution in [2.75, 3.05) is 0 Å². The molecule has 0 aliphatic heterocycles. The summed E-state index contributed by atoms with van der Waals surface area (Å²) >= 11 is 0. The second kappa shape index (κ2) is 7.39. The van der Waals surface area contributed by atoms with Crippen molar-refractivity contribution in [1.29, 1.82) is 0 Å². The van der Waals surface area contributed by atoms with E-state index in [1.165, 1.54) is 17.4 Å². The Balaban J connectivity index is 1.22. The number of rotatable bonds is 5. The van der Waals surface area contributed by atoms with Gasteiger partial charge in [0, 0.05) is 29.2 Å². The van der Waals surface area contributed by atoms with Crippen molar-refractivity contribution in [3.63, 3.8) is 0 Å². The minimum atomic E-state index is -0.228. The number of amides is 1. The largest absolute Gasteiger partial charge is 0.483 e. The molecule has 0 saturated heterocycles. The lowest BCUT2D eigenvalue weighted by Crippen LogP contribution is -2.35. The van der Waals surface area contributed by atoms with Crippen molar-refractivity contribution >= 4 is 16.7 Å². The van der Waals surface area contributed by atoms with Crippen LogP contribution in [0.4, 0.5) is 0 Å². The SMILES string of the molecule is O=C(NC1Cc2ccccc2C1)c1coc(COc2cccc3cnccc23)n1. The molecule has 2 aromatic carbocycles. The van der Waals surface area contributed by atoms with E-state index in [1.54, 1.807) is 12.4 Å². The summed E-state index contributed by atoms with van der Waals surface area (Å²) in [6, 6.07) is 16.0. The van der Waals surface area contributed by atoms with Gasteiger partial charge in [-0.05, 0) is 36.1 Å². The first kappa shape index (κ1) is 17.4. The van der Waals surface area contributed by atoms with Gasteiger partial charge in [0.1, 0.15) is 12.0 Å². The Kier molecular flexibility index (Phi) is 4.44. The fourth-order valence-electron chi connectivity index (χ4n) is 3.76. The van der Waals surface area contributed by atoms with Gasteiger partial charge in [0.25, 0.3) is 5.91 Å². The summed E-state index contributed by atoms with van der Waals surface area (Å²) in [4.78, 5) is 20.9. The van der Waals surface area contributed by atoms with Gasteiger partial charge in [-0.2, -0.15) is 0 Å². The smallest absolute Gasteiger partial charge is 0.273 e. The fraction of sp³-hybridized carbons (Fsp3) is 0.174. The number of ether oxygens (including phenoxy) is 1. The quantitative estimate of drug-likeness (QED) is 0.567. The van der Waals surface area contributed by atoms with E-state index in [0.717, 1.165) is 29.4 Å². The molecule has 0 spiro atoms. The molecule has 1 aliphatic rings. The van der Waals surface area contributed by atoms with E-state index in [0.29, 0.717) is 5.89 Å². The molecule has 6 heteroatoms. The summed E-state index contributed by atoms with van der Waals surface area (Å²) in [5, 5.41) is 5.01. The summed E-state index contributed by atoms with van der Waals surface area (Å²) in [7, 11) is 0. The van der Waals surface area contributed by atoms with Crippen LogP contribution in [0, 0.1) is 0 Å². The second-order valence-electron chi connectivity index (χ2n) is 7.12. The molecule has 0 bridgehead atoms. The number of carbonyl (C=O) groups excluding carboxylic acids is 1. The molecular weight excluding hydrogens is 366 g/mol. The van der Waals surface area contributed by atoms with Gasteiger partial charge in [-0.1, -0.05) is 36.4 Å². The Hall–Kier alpha value is -3.67. The molecule has 0 saturated carbocycles. The van der Waals surface area contributed by atoms with Crippen molar-refractivity contribution in [3.8, 4) is 5.75 Å². The lowest BCUT2D eigenvalue weighted by atomic mass is 10.1. The zero-order chi connectivity index (χ0) is 19.6. The minimum Gasteiger partial charge on any atom is -0.483 e. The number of nitrogens with one attached hydrogen (secondary N) is 1. The van der Waals surface area contributed by atoms with Gasteiger partial charge in [-0.15, -0.1) is 0 Å². The molecule has 2 aromatic heterocycles. The molecule has 5 rings (SSSR count). The summed E-state index contributed by atoms with van der Waals surface area (Å²) in [6.07, 6.45) is 6.57. The van der Waals surface area contributed by atoms with E-state index >= 15 is 0 Å². The summed E-state index contributed by atoms with van der Waals surface area (Å²) in [5.41, 5.74) is 2.84. The normalized spacial score (nSPS) is 13.4. The zero-order valence-corrected chi connectivity index (χ0v) is 15.7. The fourth-order valence-corrected chi connectivity index (χ4v) is 3.76. The zero-order valence-electron chi connectivity index (χ0n) is 15.7. The van der Waals surface area contributed by atoms with E-state index in [9.17, 15) is 4.79 Å². The minimum absolute atomic E-state index is 0.0839. The third-order valence-electron chi connectivity index (χ3n) is 5.16. The maximum absolute atomic E-state index is 12.5. The van der Waals surface area contributed by atoms with Crippen LogP contribution in [0.15, 0.2) is 71.6 Å². The molecular formula is C23H19N3O3. The topological polar surface area (TPSA) is 77.2 Å². The van der Waals surface area contributed by atoms with Gasteiger partial charge < -0.3 is 14.5 Å². The van der Waals surface area contributed by atoms with Crippen molar-refractivity contribution in [2.45, 2.75) is 25.5 Å². The lowest BCUT2D eigenvalue weighted by Gasteiger charge is -2.10. The van der Waals surface area contributed by atoms with Gasteiger partial charge in [0.2, 0.25) is 5.89 Å². The number of hydrogen-bond donors (Lipinski definition) is 1. The predicted molar refractivity (Wildman–Crippen MR) is 108 cm³/mol. The van der Waals surface area contributed by atoms with Crippen molar-refractivity contribution in [3.05, 3.63) is 89.9 Å². The van der Waals surface area contributed by atoms with Crippen LogP contribution in [0.3, 0.4) is 0 Å². The van der Waals surface area contributed by atoms with E-state index in [2.05, 4.69) is 27.4 Å². The highest BCUT2D eigenvalue weighted by atomic mass is 16.5. The van der Waals surface area contributed by atoms with Crippen LogP contribution in [0.5, 0.6) is 5.75 Å². The van der Waals surface area contributed by atoms with Crippen LogP contribution in [0.2, 0.25) is 0 Å². The molecule has 4 aromatic rings. The van der Waals surface area contributed by atoms with Crippen molar-refractivity contribution in [2.24, 2.45) is 0 Å². The Morgan fingerprint density at radius 2 is 1.93 bits per heavy atom. The summed E-state index contributed by atoms with van der Waals surface area (Å²) < 4.78 is 11.3. The number of nitrogens with zero attached hydrogens (tertiary/aromatic N) is 2. The van der Waals surface area contributed by atoms with Crippen LogP contribution in [0.1, 0.15) is 27.5 Å². The molecule has 0 unspecified atom stereocenters. The number of oxazole rings is 1. The first-order valence-electron chi connectivity index (χ1n) is 9.54. The van der Waals surface area contributed by atoms with Crippen molar-refractivity contribution in [1.82, 2.24) is 15.3 Å². The summed E-state index contributed by atoms with van der Waals surface area (Å²) in [6.45, 7) is 0.142. The molecule has 1 amide bonds. The highest BCUT2D eigenvalue weighted by Gasteiger charge is 2.24. The molecule has 29 heavy (non-hydrogen) atoms. The van der Waals surface area contributed by atoms with Crippen LogP contribution in [0.25, 0.3) is 10.8 Å². The van der Waals surface area contributed by atoms with Gasteiger partial charge in [-0.25, -0.2) is 4.98 Å². The number of carbonyl (C=O) groups is 1. The third kappa shape index (κ3) is 3.57. The van der Waals surface area contributed by atoms with Crippen LogP contribution < -0.4 is 10.1 Å². The van der Waals surface area contributed by atoms with Gasteiger partial charge in [0.05, 0.1) is 0 Å². The van der Waals surface area contributed by atoms with Crippen LogP contribution in [-0.4, -0.2) is 21.9 Å².